The molecule has 0 saturated carbocycles. The van der Waals surface area contributed by atoms with Gasteiger partial charge in [0.15, 0.2) is 11.5 Å². The summed E-state index contributed by atoms with van der Waals surface area (Å²) in [6, 6.07) is 7.22. The van der Waals surface area contributed by atoms with E-state index in [1.165, 1.54) is 0 Å². The van der Waals surface area contributed by atoms with Crippen LogP contribution in [0, 0.1) is 0 Å². The second-order valence-corrected chi connectivity index (χ2v) is 3.82. The van der Waals surface area contributed by atoms with E-state index in [0.29, 0.717) is 28.6 Å². The first kappa shape index (κ1) is 13.0. The minimum atomic E-state index is 0.521. The summed E-state index contributed by atoms with van der Waals surface area (Å²) < 4.78 is 16.0. The molecule has 1 aromatic heterocycles. The third-order valence-corrected chi connectivity index (χ3v) is 2.80. The Hall–Kier alpha value is -2.43. The maximum absolute atomic E-state index is 5.95. The zero-order valence-electron chi connectivity index (χ0n) is 11.1. The maximum atomic E-state index is 5.95. The minimum Gasteiger partial charge on any atom is -0.493 e. The molecule has 2 N–H and O–H groups in total. The van der Waals surface area contributed by atoms with Crippen molar-refractivity contribution in [2.75, 3.05) is 27.1 Å². The maximum Gasteiger partial charge on any atom is 0.203 e. The molecule has 0 aliphatic heterocycles. The summed E-state index contributed by atoms with van der Waals surface area (Å²) in [5.41, 5.74) is 7.94. The second-order valence-electron chi connectivity index (χ2n) is 3.82. The molecule has 0 amide bonds. The molecule has 100 valence electrons. The lowest BCUT2D eigenvalue weighted by atomic mass is 10.1. The lowest BCUT2D eigenvalue weighted by Gasteiger charge is -2.16. The molecule has 5 nitrogen and oxygen atoms in total. The van der Waals surface area contributed by atoms with Crippen LogP contribution >= 0.6 is 0 Å². The van der Waals surface area contributed by atoms with Crippen molar-refractivity contribution in [3.05, 3.63) is 30.5 Å². The highest BCUT2D eigenvalue weighted by molar-refractivity contribution is 5.80. The summed E-state index contributed by atoms with van der Waals surface area (Å²) in [5, 5.41) is 0. The number of rotatable bonds is 4. The molecule has 1 heterocycles. The van der Waals surface area contributed by atoms with E-state index in [2.05, 4.69) is 4.98 Å². The average Bonchev–Trinajstić information content (AvgIpc) is 2.46. The van der Waals surface area contributed by atoms with Gasteiger partial charge in [-0.15, -0.1) is 0 Å². The highest BCUT2D eigenvalue weighted by atomic mass is 16.5. The lowest BCUT2D eigenvalue weighted by Crippen LogP contribution is -1.99. The number of methoxy groups -OCH3 is 3. The fraction of sp³-hybridized carbons (Fsp3) is 0.214. The van der Waals surface area contributed by atoms with Crippen molar-refractivity contribution in [3.8, 4) is 28.5 Å². The fourth-order valence-corrected chi connectivity index (χ4v) is 1.93. The van der Waals surface area contributed by atoms with E-state index in [9.17, 15) is 0 Å². The molecule has 5 heteroatoms. The minimum absolute atomic E-state index is 0.521. The lowest BCUT2D eigenvalue weighted by molar-refractivity contribution is 0.325. The number of nitrogens with zero attached hydrogens (tertiary/aromatic N) is 1. The highest BCUT2D eigenvalue weighted by Gasteiger charge is 2.18. The summed E-state index contributed by atoms with van der Waals surface area (Å²) in [4.78, 5) is 4.29. The number of aromatic nitrogens is 1. The van der Waals surface area contributed by atoms with Crippen LogP contribution in [0.5, 0.6) is 17.2 Å². The first-order valence-electron chi connectivity index (χ1n) is 5.72. The van der Waals surface area contributed by atoms with Crippen molar-refractivity contribution in [1.82, 2.24) is 4.98 Å². The van der Waals surface area contributed by atoms with E-state index in [1.807, 2.05) is 6.07 Å². The zero-order chi connectivity index (χ0) is 13.8. The van der Waals surface area contributed by atoms with Crippen LogP contribution in [0.3, 0.4) is 0 Å². The van der Waals surface area contributed by atoms with Crippen LogP contribution in [0.25, 0.3) is 11.3 Å². The van der Waals surface area contributed by atoms with E-state index in [1.54, 1.807) is 45.7 Å². The van der Waals surface area contributed by atoms with Crippen LogP contribution in [-0.2, 0) is 0 Å². The Morgan fingerprint density at radius 2 is 1.68 bits per heavy atom. The van der Waals surface area contributed by atoms with Crippen molar-refractivity contribution in [2.24, 2.45) is 0 Å². The summed E-state index contributed by atoms with van der Waals surface area (Å²) in [5.74, 6) is 1.66. The number of ether oxygens (including phenoxy) is 3. The monoisotopic (exact) mass is 260 g/mol. The largest absolute Gasteiger partial charge is 0.493 e. The van der Waals surface area contributed by atoms with Crippen molar-refractivity contribution in [3.63, 3.8) is 0 Å². The van der Waals surface area contributed by atoms with Gasteiger partial charge in [-0.1, -0.05) is 0 Å². The van der Waals surface area contributed by atoms with Gasteiger partial charge >= 0.3 is 0 Å². The van der Waals surface area contributed by atoms with E-state index in [0.717, 1.165) is 5.56 Å². The molecule has 2 rings (SSSR count). The van der Waals surface area contributed by atoms with E-state index < -0.39 is 0 Å². The number of nitrogen functional groups attached to an aromatic ring is 1. The quantitative estimate of drug-likeness (QED) is 0.914. The number of nitrogens with two attached hydrogens (primary N) is 1. The first-order chi connectivity index (χ1) is 9.22. The standard InChI is InChI=1S/C14H16N2O3/c1-17-11-7-6-9(13(18-2)14(11)19-3)12-10(15)5-4-8-16-12/h4-8H,15H2,1-3H3. The topological polar surface area (TPSA) is 66.6 Å². The van der Waals surface area contributed by atoms with Crippen LogP contribution in [0.15, 0.2) is 30.5 Å². The van der Waals surface area contributed by atoms with Gasteiger partial charge in [0.1, 0.15) is 0 Å². The highest BCUT2D eigenvalue weighted by Crippen LogP contribution is 2.44. The number of pyridine rings is 1. The number of hydrogen-bond acceptors (Lipinski definition) is 5. The Labute approximate surface area is 111 Å². The van der Waals surface area contributed by atoms with Crippen molar-refractivity contribution < 1.29 is 14.2 Å². The molecule has 1 aromatic carbocycles. The van der Waals surface area contributed by atoms with Crippen LogP contribution in [-0.4, -0.2) is 26.3 Å². The van der Waals surface area contributed by atoms with Gasteiger partial charge in [-0.2, -0.15) is 0 Å². The van der Waals surface area contributed by atoms with Crippen LogP contribution < -0.4 is 19.9 Å². The van der Waals surface area contributed by atoms with Gasteiger partial charge in [0.05, 0.1) is 32.7 Å². The number of benzene rings is 1. The summed E-state index contributed by atoms with van der Waals surface area (Å²) in [6.45, 7) is 0. The Balaban J connectivity index is 2.68. The molecule has 0 radical (unpaired) electrons. The number of anilines is 1. The molecule has 2 aromatic rings. The van der Waals surface area contributed by atoms with Gasteiger partial charge in [0, 0.05) is 11.8 Å². The van der Waals surface area contributed by atoms with Crippen molar-refractivity contribution in [1.29, 1.82) is 0 Å². The Morgan fingerprint density at radius 1 is 0.947 bits per heavy atom. The molecule has 0 fully saturated rings. The fourth-order valence-electron chi connectivity index (χ4n) is 1.93. The van der Waals surface area contributed by atoms with Gasteiger partial charge in [-0.3, -0.25) is 4.98 Å². The van der Waals surface area contributed by atoms with Gasteiger partial charge in [-0.05, 0) is 24.3 Å². The molecule has 0 aliphatic rings. The van der Waals surface area contributed by atoms with Gasteiger partial charge in [0.2, 0.25) is 5.75 Å². The Bertz CT molecular complexity index is 585. The normalized spacial score (nSPS) is 10.1. The molecule has 0 unspecified atom stereocenters. The summed E-state index contributed by atoms with van der Waals surface area (Å²) >= 11 is 0. The van der Waals surface area contributed by atoms with E-state index in [-0.39, 0.29) is 0 Å². The molecular formula is C14H16N2O3. The smallest absolute Gasteiger partial charge is 0.203 e. The SMILES string of the molecule is COc1ccc(-c2ncccc2N)c(OC)c1OC. The van der Waals surface area contributed by atoms with Gasteiger partial charge in [-0.25, -0.2) is 0 Å². The van der Waals surface area contributed by atoms with Crippen LogP contribution in [0.1, 0.15) is 0 Å². The molecular weight excluding hydrogens is 244 g/mol. The van der Waals surface area contributed by atoms with Crippen molar-refractivity contribution >= 4 is 5.69 Å². The second kappa shape index (κ2) is 5.48. The van der Waals surface area contributed by atoms with Gasteiger partial charge in [0.25, 0.3) is 0 Å². The van der Waals surface area contributed by atoms with Crippen LogP contribution in [0.4, 0.5) is 5.69 Å². The molecule has 0 saturated heterocycles. The molecule has 0 atom stereocenters. The van der Waals surface area contributed by atoms with Crippen molar-refractivity contribution in [2.45, 2.75) is 0 Å². The van der Waals surface area contributed by atoms with Crippen LogP contribution in [0.2, 0.25) is 0 Å². The Kier molecular flexibility index (Phi) is 3.75. The molecule has 0 bridgehead atoms. The van der Waals surface area contributed by atoms with E-state index >= 15 is 0 Å². The molecule has 0 spiro atoms. The average molecular weight is 260 g/mol. The third kappa shape index (κ3) is 2.27. The third-order valence-electron chi connectivity index (χ3n) is 2.80. The molecule has 0 aliphatic carbocycles. The predicted octanol–water partition coefficient (Wildman–Crippen LogP) is 2.36. The Morgan fingerprint density at radius 3 is 2.26 bits per heavy atom. The zero-order valence-corrected chi connectivity index (χ0v) is 11.1. The van der Waals surface area contributed by atoms with Gasteiger partial charge < -0.3 is 19.9 Å². The summed E-state index contributed by atoms with van der Waals surface area (Å²) in [7, 11) is 4.71. The number of hydrogen-bond donors (Lipinski definition) is 1. The summed E-state index contributed by atoms with van der Waals surface area (Å²) in [6.07, 6.45) is 1.68. The molecule has 19 heavy (non-hydrogen) atoms. The van der Waals surface area contributed by atoms with E-state index in [4.69, 9.17) is 19.9 Å². The predicted molar refractivity (Wildman–Crippen MR) is 73.7 cm³/mol. The first-order valence-corrected chi connectivity index (χ1v) is 5.72.